The summed E-state index contributed by atoms with van der Waals surface area (Å²) in [5, 5.41) is 10.4. The van der Waals surface area contributed by atoms with Gasteiger partial charge in [0.15, 0.2) is 0 Å². The predicted octanol–water partition coefficient (Wildman–Crippen LogP) is 3.88. The first-order valence-corrected chi connectivity index (χ1v) is 7.25. The Labute approximate surface area is 127 Å². The standard InChI is InChI=1S/C16H17IO2/c1-11-4-3-5-14(16(11)17)15(18)10-12-6-8-13(19-2)9-7-12/h3-9,15,18H,10H2,1-2H3. The summed E-state index contributed by atoms with van der Waals surface area (Å²) in [6.07, 6.45) is 0.142. The van der Waals surface area contributed by atoms with Crippen LogP contribution in [0.4, 0.5) is 0 Å². The fourth-order valence-corrected chi connectivity index (χ4v) is 2.74. The summed E-state index contributed by atoms with van der Waals surface area (Å²) in [7, 11) is 1.65. The SMILES string of the molecule is COc1ccc(CC(O)c2cccc(C)c2I)cc1. The number of methoxy groups -OCH3 is 1. The molecular formula is C16H17IO2. The van der Waals surface area contributed by atoms with Gasteiger partial charge < -0.3 is 9.84 Å². The van der Waals surface area contributed by atoms with Crippen LogP contribution in [0.15, 0.2) is 42.5 Å². The van der Waals surface area contributed by atoms with Crippen LogP contribution in [0, 0.1) is 10.5 Å². The fourth-order valence-electron chi connectivity index (χ4n) is 2.02. The van der Waals surface area contributed by atoms with Gasteiger partial charge in [-0.15, -0.1) is 0 Å². The normalized spacial score (nSPS) is 12.2. The van der Waals surface area contributed by atoms with Crippen LogP contribution in [0.25, 0.3) is 0 Å². The lowest BCUT2D eigenvalue weighted by Crippen LogP contribution is -2.04. The van der Waals surface area contributed by atoms with Gasteiger partial charge in [-0.1, -0.05) is 30.3 Å². The molecule has 3 heteroatoms. The molecule has 0 saturated carbocycles. The molecule has 0 spiro atoms. The number of halogens is 1. The van der Waals surface area contributed by atoms with Crippen molar-refractivity contribution in [2.75, 3.05) is 7.11 Å². The van der Waals surface area contributed by atoms with E-state index in [9.17, 15) is 5.11 Å². The summed E-state index contributed by atoms with van der Waals surface area (Å²) in [6, 6.07) is 13.9. The average Bonchev–Trinajstić information content (AvgIpc) is 2.42. The van der Waals surface area contributed by atoms with Crippen LogP contribution in [-0.2, 0) is 6.42 Å². The van der Waals surface area contributed by atoms with Gasteiger partial charge in [0.1, 0.15) is 5.75 Å². The molecular weight excluding hydrogens is 351 g/mol. The van der Waals surface area contributed by atoms with Crippen LogP contribution in [0.5, 0.6) is 5.75 Å². The van der Waals surface area contributed by atoms with Gasteiger partial charge in [-0.05, 0) is 58.3 Å². The second-order valence-corrected chi connectivity index (χ2v) is 5.62. The molecule has 2 aromatic carbocycles. The van der Waals surface area contributed by atoms with Crippen LogP contribution in [0.2, 0.25) is 0 Å². The summed E-state index contributed by atoms with van der Waals surface area (Å²) in [4.78, 5) is 0. The lowest BCUT2D eigenvalue weighted by Gasteiger charge is -2.14. The van der Waals surface area contributed by atoms with Gasteiger partial charge in [0.2, 0.25) is 0 Å². The number of ether oxygens (including phenoxy) is 1. The number of hydrogen-bond donors (Lipinski definition) is 1. The second-order valence-electron chi connectivity index (χ2n) is 4.55. The Morgan fingerprint density at radius 1 is 1.16 bits per heavy atom. The molecule has 0 amide bonds. The highest BCUT2D eigenvalue weighted by molar-refractivity contribution is 14.1. The number of aliphatic hydroxyl groups excluding tert-OH is 1. The van der Waals surface area contributed by atoms with Crippen molar-refractivity contribution in [3.63, 3.8) is 0 Å². The minimum Gasteiger partial charge on any atom is -0.497 e. The minimum absolute atomic E-state index is 0.472. The topological polar surface area (TPSA) is 29.5 Å². The molecule has 2 rings (SSSR count). The van der Waals surface area contributed by atoms with Crippen molar-refractivity contribution < 1.29 is 9.84 Å². The van der Waals surface area contributed by atoms with E-state index in [4.69, 9.17) is 4.74 Å². The zero-order chi connectivity index (χ0) is 13.8. The highest BCUT2D eigenvalue weighted by Gasteiger charge is 2.13. The highest BCUT2D eigenvalue weighted by atomic mass is 127. The third-order valence-corrected chi connectivity index (χ3v) is 4.64. The van der Waals surface area contributed by atoms with Gasteiger partial charge in [0.25, 0.3) is 0 Å². The summed E-state index contributed by atoms with van der Waals surface area (Å²) >= 11 is 2.29. The van der Waals surface area contributed by atoms with Gasteiger partial charge >= 0.3 is 0 Å². The molecule has 19 heavy (non-hydrogen) atoms. The van der Waals surface area contributed by atoms with E-state index in [0.29, 0.717) is 6.42 Å². The number of benzene rings is 2. The Balaban J connectivity index is 2.15. The molecule has 0 radical (unpaired) electrons. The van der Waals surface area contributed by atoms with E-state index in [1.165, 1.54) is 5.56 Å². The Kier molecular flexibility index (Phi) is 4.82. The van der Waals surface area contributed by atoms with Crippen LogP contribution < -0.4 is 4.74 Å². The van der Waals surface area contributed by atoms with Crippen molar-refractivity contribution >= 4 is 22.6 Å². The maximum Gasteiger partial charge on any atom is 0.118 e. The molecule has 0 aliphatic heterocycles. The molecule has 2 aromatic rings. The smallest absolute Gasteiger partial charge is 0.118 e. The molecule has 0 saturated heterocycles. The number of hydrogen-bond acceptors (Lipinski definition) is 2. The summed E-state index contributed by atoms with van der Waals surface area (Å²) in [5.41, 5.74) is 3.30. The van der Waals surface area contributed by atoms with E-state index in [1.54, 1.807) is 7.11 Å². The first-order valence-electron chi connectivity index (χ1n) is 6.18. The zero-order valence-electron chi connectivity index (χ0n) is 11.1. The number of rotatable bonds is 4. The Hall–Kier alpha value is -1.07. The van der Waals surface area contributed by atoms with Crippen LogP contribution >= 0.6 is 22.6 Å². The van der Waals surface area contributed by atoms with Crippen LogP contribution in [0.1, 0.15) is 22.8 Å². The lowest BCUT2D eigenvalue weighted by atomic mass is 10.00. The largest absolute Gasteiger partial charge is 0.497 e. The molecule has 0 bridgehead atoms. The molecule has 100 valence electrons. The first-order chi connectivity index (χ1) is 9.11. The molecule has 2 nitrogen and oxygen atoms in total. The maximum absolute atomic E-state index is 10.4. The average molecular weight is 368 g/mol. The first kappa shape index (κ1) is 14.3. The molecule has 0 heterocycles. The highest BCUT2D eigenvalue weighted by Crippen LogP contribution is 2.26. The van der Waals surface area contributed by atoms with Gasteiger partial charge in [0, 0.05) is 9.99 Å². The third-order valence-electron chi connectivity index (χ3n) is 3.17. The van der Waals surface area contributed by atoms with E-state index in [2.05, 4.69) is 35.6 Å². The van der Waals surface area contributed by atoms with E-state index in [1.807, 2.05) is 36.4 Å². The van der Waals surface area contributed by atoms with Crippen LogP contribution in [-0.4, -0.2) is 12.2 Å². The Morgan fingerprint density at radius 3 is 2.47 bits per heavy atom. The van der Waals surface area contributed by atoms with Crippen molar-refractivity contribution in [2.24, 2.45) is 0 Å². The Bertz CT molecular complexity index is 549. The molecule has 0 aliphatic rings. The zero-order valence-corrected chi connectivity index (χ0v) is 13.2. The van der Waals surface area contributed by atoms with E-state index < -0.39 is 6.10 Å². The lowest BCUT2D eigenvalue weighted by molar-refractivity contribution is 0.177. The summed E-state index contributed by atoms with van der Waals surface area (Å²) in [5.74, 6) is 0.836. The molecule has 0 aliphatic carbocycles. The summed E-state index contributed by atoms with van der Waals surface area (Å²) in [6.45, 7) is 2.06. The van der Waals surface area contributed by atoms with E-state index in [0.717, 1.165) is 20.4 Å². The molecule has 1 unspecified atom stereocenters. The van der Waals surface area contributed by atoms with Gasteiger partial charge in [0.05, 0.1) is 13.2 Å². The Morgan fingerprint density at radius 2 is 1.84 bits per heavy atom. The predicted molar refractivity (Wildman–Crippen MR) is 85.6 cm³/mol. The van der Waals surface area contributed by atoms with Crippen LogP contribution in [0.3, 0.4) is 0 Å². The molecule has 1 atom stereocenters. The fraction of sp³-hybridized carbons (Fsp3) is 0.250. The number of aryl methyl sites for hydroxylation is 1. The molecule has 0 aromatic heterocycles. The monoisotopic (exact) mass is 368 g/mol. The van der Waals surface area contributed by atoms with E-state index in [-0.39, 0.29) is 0 Å². The van der Waals surface area contributed by atoms with Gasteiger partial charge in [-0.2, -0.15) is 0 Å². The quantitative estimate of drug-likeness (QED) is 0.830. The van der Waals surface area contributed by atoms with Crippen molar-refractivity contribution in [1.29, 1.82) is 0 Å². The third kappa shape index (κ3) is 3.48. The number of aliphatic hydroxyl groups is 1. The minimum atomic E-state index is -0.472. The van der Waals surface area contributed by atoms with Crippen molar-refractivity contribution in [3.8, 4) is 5.75 Å². The second kappa shape index (κ2) is 6.39. The van der Waals surface area contributed by atoms with Crippen molar-refractivity contribution in [3.05, 3.63) is 62.7 Å². The molecule has 0 fully saturated rings. The van der Waals surface area contributed by atoms with Crippen molar-refractivity contribution in [1.82, 2.24) is 0 Å². The molecule has 1 N–H and O–H groups in total. The van der Waals surface area contributed by atoms with Gasteiger partial charge in [-0.25, -0.2) is 0 Å². The van der Waals surface area contributed by atoms with E-state index >= 15 is 0 Å². The van der Waals surface area contributed by atoms with Crippen molar-refractivity contribution in [2.45, 2.75) is 19.4 Å². The van der Waals surface area contributed by atoms with Gasteiger partial charge in [-0.3, -0.25) is 0 Å². The maximum atomic E-state index is 10.4. The summed E-state index contributed by atoms with van der Waals surface area (Å²) < 4.78 is 6.27.